The number of piperidine rings is 1. The lowest BCUT2D eigenvalue weighted by atomic mass is 10.1. The highest BCUT2D eigenvalue weighted by Gasteiger charge is 2.26. The molecule has 114 valence electrons. The number of nitrogens with one attached hydrogen (secondary N) is 1. The highest BCUT2D eigenvalue weighted by atomic mass is 32.2. The Balaban J connectivity index is 1.82. The Labute approximate surface area is 121 Å². The van der Waals surface area contributed by atoms with Gasteiger partial charge < -0.3 is 5.32 Å². The highest BCUT2D eigenvalue weighted by molar-refractivity contribution is 7.89. The molecule has 0 amide bonds. The molecule has 1 saturated heterocycles. The number of aryl methyl sites for hydroxylation is 1. The average Bonchev–Trinajstić information content (AvgIpc) is 2.77. The van der Waals surface area contributed by atoms with Gasteiger partial charge in [0.05, 0.1) is 11.9 Å². The number of rotatable bonds is 5. The second-order valence-electron chi connectivity index (χ2n) is 5.33. The average molecular weight is 300 g/mol. The van der Waals surface area contributed by atoms with Gasteiger partial charge in [-0.2, -0.15) is 5.10 Å². The molecule has 1 aromatic rings. The van der Waals surface area contributed by atoms with Crippen LogP contribution in [0.1, 0.15) is 31.0 Å². The quantitative estimate of drug-likeness (QED) is 0.866. The van der Waals surface area contributed by atoms with Gasteiger partial charge in [0.15, 0.2) is 0 Å². The Morgan fingerprint density at radius 1 is 1.40 bits per heavy atom. The Hall–Kier alpha value is -0.920. The van der Waals surface area contributed by atoms with Crippen LogP contribution in [0.25, 0.3) is 0 Å². The molecule has 0 aliphatic carbocycles. The molecular formula is C13H24N4O2S. The summed E-state index contributed by atoms with van der Waals surface area (Å²) >= 11 is 0. The van der Waals surface area contributed by atoms with Crippen molar-refractivity contribution in [3.8, 4) is 0 Å². The van der Waals surface area contributed by atoms with Crippen LogP contribution in [-0.2, 0) is 23.6 Å². The van der Waals surface area contributed by atoms with Crippen LogP contribution in [0.5, 0.6) is 0 Å². The van der Waals surface area contributed by atoms with Gasteiger partial charge in [-0.3, -0.25) is 4.68 Å². The second-order valence-corrected chi connectivity index (χ2v) is 7.59. The fourth-order valence-corrected chi connectivity index (χ4v) is 3.62. The minimum Gasteiger partial charge on any atom is -0.310 e. The van der Waals surface area contributed by atoms with Crippen LogP contribution in [0, 0.1) is 6.92 Å². The van der Waals surface area contributed by atoms with Gasteiger partial charge in [-0.25, -0.2) is 12.7 Å². The lowest BCUT2D eigenvalue weighted by molar-refractivity contribution is 0.289. The van der Waals surface area contributed by atoms with Crippen molar-refractivity contribution in [3.05, 3.63) is 17.5 Å². The fraction of sp³-hybridized carbons (Fsp3) is 0.769. The monoisotopic (exact) mass is 300 g/mol. The van der Waals surface area contributed by atoms with Crippen molar-refractivity contribution >= 4 is 10.0 Å². The maximum absolute atomic E-state index is 11.8. The van der Waals surface area contributed by atoms with Crippen LogP contribution in [0.15, 0.2) is 6.20 Å². The molecule has 1 aliphatic heterocycles. The number of hydrogen-bond donors (Lipinski definition) is 1. The van der Waals surface area contributed by atoms with E-state index in [-0.39, 0.29) is 5.75 Å². The summed E-state index contributed by atoms with van der Waals surface area (Å²) in [6.45, 7) is 5.80. The summed E-state index contributed by atoms with van der Waals surface area (Å²) in [7, 11) is -1.09. The summed E-state index contributed by atoms with van der Waals surface area (Å²) < 4.78 is 27.0. The van der Waals surface area contributed by atoms with Crippen molar-refractivity contribution < 1.29 is 8.42 Å². The SMILES string of the molecule is CCS(=O)(=O)N1CCC(NCc2cnn(C)c2C)CC1. The Morgan fingerprint density at radius 2 is 2.05 bits per heavy atom. The van der Waals surface area contributed by atoms with E-state index >= 15 is 0 Å². The molecule has 1 aromatic heterocycles. The first kappa shape index (κ1) is 15.5. The van der Waals surface area contributed by atoms with Crippen LogP contribution in [0.3, 0.4) is 0 Å². The van der Waals surface area contributed by atoms with Crippen molar-refractivity contribution in [3.63, 3.8) is 0 Å². The van der Waals surface area contributed by atoms with Gasteiger partial charge in [-0.1, -0.05) is 0 Å². The van der Waals surface area contributed by atoms with E-state index in [1.165, 1.54) is 11.3 Å². The summed E-state index contributed by atoms with van der Waals surface area (Å²) in [4.78, 5) is 0. The molecule has 0 unspecified atom stereocenters. The number of nitrogens with zero attached hydrogens (tertiary/aromatic N) is 3. The minimum absolute atomic E-state index is 0.194. The van der Waals surface area contributed by atoms with E-state index in [0.29, 0.717) is 19.1 Å². The van der Waals surface area contributed by atoms with Crippen molar-refractivity contribution in [1.82, 2.24) is 19.4 Å². The van der Waals surface area contributed by atoms with Gasteiger partial charge in [0.25, 0.3) is 0 Å². The van der Waals surface area contributed by atoms with Crippen LogP contribution < -0.4 is 5.32 Å². The lowest BCUT2D eigenvalue weighted by Crippen LogP contribution is -2.45. The molecule has 0 aromatic carbocycles. The molecular weight excluding hydrogens is 276 g/mol. The smallest absolute Gasteiger partial charge is 0.213 e. The molecule has 0 saturated carbocycles. The normalized spacial score (nSPS) is 18.6. The third-order valence-electron chi connectivity index (χ3n) is 4.13. The van der Waals surface area contributed by atoms with Crippen molar-refractivity contribution in [2.45, 2.75) is 39.3 Å². The summed E-state index contributed by atoms with van der Waals surface area (Å²) in [6, 6.07) is 0.387. The minimum atomic E-state index is -3.02. The molecule has 7 heteroatoms. The second kappa shape index (κ2) is 6.24. The van der Waals surface area contributed by atoms with E-state index in [2.05, 4.69) is 17.3 Å². The third kappa shape index (κ3) is 3.39. The van der Waals surface area contributed by atoms with E-state index in [1.807, 2.05) is 17.9 Å². The standard InChI is InChI=1S/C13H24N4O2S/c1-4-20(18,19)17-7-5-13(6-8-17)14-9-12-10-15-16(3)11(12)2/h10,13-14H,4-9H2,1-3H3. The lowest BCUT2D eigenvalue weighted by Gasteiger charge is -2.31. The Morgan fingerprint density at radius 3 is 2.55 bits per heavy atom. The number of hydrogen-bond acceptors (Lipinski definition) is 4. The van der Waals surface area contributed by atoms with E-state index in [0.717, 1.165) is 19.4 Å². The molecule has 0 bridgehead atoms. The van der Waals surface area contributed by atoms with E-state index < -0.39 is 10.0 Å². The van der Waals surface area contributed by atoms with Crippen LogP contribution in [0.2, 0.25) is 0 Å². The molecule has 20 heavy (non-hydrogen) atoms. The summed E-state index contributed by atoms with van der Waals surface area (Å²) in [5.41, 5.74) is 2.37. The van der Waals surface area contributed by atoms with Gasteiger partial charge >= 0.3 is 0 Å². The molecule has 0 spiro atoms. The zero-order valence-corrected chi connectivity index (χ0v) is 13.3. The summed E-state index contributed by atoms with van der Waals surface area (Å²) in [6.07, 6.45) is 3.64. The topological polar surface area (TPSA) is 67.2 Å². The molecule has 1 aliphatic rings. The predicted octanol–water partition coefficient (Wildman–Crippen LogP) is 0.632. The third-order valence-corrected chi connectivity index (χ3v) is 6.01. The number of aromatic nitrogens is 2. The van der Waals surface area contributed by atoms with E-state index in [1.54, 1.807) is 11.2 Å². The van der Waals surface area contributed by atoms with Crippen LogP contribution >= 0.6 is 0 Å². The Bertz CT molecular complexity index is 545. The molecule has 1 fully saturated rings. The summed E-state index contributed by atoms with van der Waals surface area (Å²) in [5.74, 6) is 0.194. The highest BCUT2D eigenvalue weighted by Crippen LogP contribution is 2.15. The maximum atomic E-state index is 11.8. The summed E-state index contributed by atoms with van der Waals surface area (Å²) in [5, 5.41) is 7.73. The largest absolute Gasteiger partial charge is 0.310 e. The van der Waals surface area contributed by atoms with Crippen LogP contribution in [-0.4, -0.2) is 47.4 Å². The van der Waals surface area contributed by atoms with Gasteiger partial charge in [0, 0.05) is 44.0 Å². The van der Waals surface area contributed by atoms with Crippen LogP contribution in [0.4, 0.5) is 0 Å². The van der Waals surface area contributed by atoms with Gasteiger partial charge in [-0.15, -0.1) is 0 Å². The molecule has 2 heterocycles. The van der Waals surface area contributed by atoms with E-state index in [9.17, 15) is 8.42 Å². The first-order chi connectivity index (χ1) is 9.44. The van der Waals surface area contributed by atoms with Crippen molar-refractivity contribution in [2.75, 3.05) is 18.8 Å². The van der Waals surface area contributed by atoms with Gasteiger partial charge in [0.1, 0.15) is 0 Å². The maximum Gasteiger partial charge on any atom is 0.213 e. The first-order valence-corrected chi connectivity index (χ1v) is 8.73. The number of sulfonamides is 1. The van der Waals surface area contributed by atoms with Crippen molar-refractivity contribution in [2.24, 2.45) is 7.05 Å². The van der Waals surface area contributed by atoms with Crippen molar-refractivity contribution in [1.29, 1.82) is 0 Å². The molecule has 2 rings (SSSR count). The zero-order valence-electron chi connectivity index (χ0n) is 12.5. The first-order valence-electron chi connectivity index (χ1n) is 7.12. The fourth-order valence-electron chi connectivity index (χ4n) is 2.49. The Kier molecular flexibility index (Phi) is 4.82. The van der Waals surface area contributed by atoms with Gasteiger partial charge in [0.2, 0.25) is 10.0 Å². The zero-order chi connectivity index (χ0) is 14.8. The molecule has 6 nitrogen and oxygen atoms in total. The van der Waals surface area contributed by atoms with Gasteiger partial charge in [-0.05, 0) is 26.7 Å². The molecule has 1 N–H and O–H groups in total. The molecule has 0 atom stereocenters. The van der Waals surface area contributed by atoms with E-state index in [4.69, 9.17) is 0 Å². The molecule has 0 radical (unpaired) electrons. The predicted molar refractivity (Wildman–Crippen MR) is 78.8 cm³/mol.